The van der Waals surface area contributed by atoms with Gasteiger partial charge in [0.1, 0.15) is 24.8 Å². The van der Waals surface area contributed by atoms with Crippen molar-refractivity contribution in [2.24, 2.45) is 0 Å². The van der Waals surface area contributed by atoms with Crippen LogP contribution in [0.5, 0.6) is 17.2 Å². The van der Waals surface area contributed by atoms with Gasteiger partial charge in [-0.3, -0.25) is 14.5 Å². The number of hydrogen-bond acceptors (Lipinski definition) is 6. The Morgan fingerprint density at radius 2 is 1.76 bits per heavy atom. The van der Waals surface area contributed by atoms with E-state index in [1.165, 1.54) is 17.0 Å². The lowest BCUT2D eigenvalue weighted by atomic mass is 10.1. The third-order valence-electron chi connectivity index (χ3n) is 6.25. The summed E-state index contributed by atoms with van der Waals surface area (Å²) >= 11 is 9.12. The molecule has 1 saturated heterocycles. The first kappa shape index (κ1) is 29.2. The molecule has 2 amide bonds. The molecule has 0 unspecified atom stereocenters. The zero-order valence-corrected chi connectivity index (χ0v) is 25.6. The predicted molar refractivity (Wildman–Crippen MR) is 168 cm³/mol. The summed E-state index contributed by atoms with van der Waals surface area (Å²) in [4.78, 5) is 27.3. The second kappa shape index (κ2) is 13.1. The van der Waals surface area contributed by atoms with Crippen LogP contribution in [0.15, 0.2) is 77.7 Å². The van der Waals surface area contributed by atoms with E-state index in [2.05, 4.69) is 22.6 Å². The first-order valence-corrected chi connectivity index (χ1v) is 15.0. The number of thioether (sulfide) groups is 1. The van der Waals surface area contributed by atoms with E-state index in [1.54, 1.807) is 24.3 Å². The molecular formula is C31H24ClFINO5S. The van der Waals surface area contributed by atoms with Crippen LogP contribution in [-0.2, 0) is 11.4 Å². The largest absolute Gasteiger partial charge is 0.491 e. The number of fused-ring (bicyclic) bond motifs is 1. The van der Waals surface area contributed by atoms with Crippen molar-refractivity contribution in [2.75, 3.05) is 19.8 Å². The Balaban J connectivity index is 1.29. The smallest absolute Gasteiger partial charge is 0.293 e. The highest BCUT2D eigenvalue weighted by Gasteiger charge is 2.35. The fourth-order valence-corrected chi connectivity index (χ4v) is 6.17. The molecule has 10 heteroatoms. The van der Waals surface area contributed by atoms with E-state index in [-0.39, 0.29) is 41.5 Å². The van der Waals surface area contributed by atoms with Gasteiger partial charge in [0.15, 0.2) is 11.5 Å². The number of rotatable bonds is 10. The Morgan fingerprint density at radius 1 is 0.976 bits per heavy atom. The molecule has 210 valence electrons. The topological polar surface area (TPSA) is 65.1 Å². The summed E-state index contributed by atoms with van der Waals surface area (Å²) in [6.07, 6.45) is 1.65. The van der Waals surface area contributed by atoms with Crippen LogP contribution in [0.1, 0.15) is 18.1 Å². The maximum absolute atomic E-state index is 14.2. The second-order valence-electron chi connectivity index (χ2n) is 8.91. The van der Waals surface area contributed by atoms with Gasteiger partial charge in [-0.05, 0) is 88.6 Å². The Morgan fingerprint density at radius 3 is 2.56 bits per heavy atom. The average molecular weight is 704 g/mol. The number of ether oxygens (including phenoxy) is 3. The van der Waals surface area contributed by atoms with Crippen molar-refractivity contribution in [3.8, 4) is 17.2 Å². The van der Waals surface area contributed by atoms with Crippen LogP contribution in [0.3, 0.4) is 0 Å². The lowest BCUT2D eigenvalue weighted by Crippen LogP contribution is -2.32. The van der Waals surface area contributed by atoms with E-state index < -0.39 is 5.82 Å². The first-order valence-electron chi connectivity index (χ1n) is 12.7. The molecule has 41 heavy (non-hydrogen) atoms. The second-order valence-corrected chi connectivity index (χ2v) is 11.5. The maximum Gasteiger partial charge on any atom is 0.293 e. The number of nitrogens with zero attached hydrogens (tertiary/aromatic N) is 1. The average Bonchev–Trinajstić information content (AvgIpc) is 3.21. The molecule has 0 N–H and O–H groups in total. The highest BCUT2D eigenvalue weighted by Crippen LogP contribution is 2.38. The number of carbonyl (C=O) groups is 2. The standard InChI is InChI=1S/C31H24ClFINO5S/c1-2-38-27-16-19(15-25(34)29(27)40-18-22-23(32)10-6-11-24(22)33)17-28-30(36)35(31(37)41-28)13-14-39-26-12-5-8-20-7-3-4-9-21(20)26/h3-12,15-17H,2,13-14,18H2,1H3/b28-17-. The molecule has 4 aromatic rings. The molecule has 0 aliphatic carbocycles. The molecule has 1 aliphatic heterocycles. The predicted octanol–water partition coefficient (Wildman–Crippen LogP) is 8.33. The van der Waals surface area contributed by atoms with Crippen LogP contribution >= 0.6 is 46.0 Å². The van der Waals surface area contributed by atoms with Crippen LogP contribution in [0.2, 0.25) is 5.02 Å². The summed E-state index contributed by atoms with van der Waals surface area (Å²) in [6.45, 7) is 2.41. The van der Waals surface area contributed by atoms with E-state index in [9.17, 15) is 14.0 Å². The summed E-state index contributed by atoms with van der Waals surface area (Å²) in [5.74, 6) is 0.719. The molecule has 4 aromatic carbocycles. The van der Waals surface area contributed by atoms with Crippen LogP contribution in [0.4, 0.5) is 9.18 Å². The van der Waals surface area contributed by atoms with E-state index in [4.69, 9.17) is 25.8 Å². The van der Waals surface area contributed by atoms with Crippen molar-refractivity contribution >= 4 is 73.9 Å². The molecule has 0 radical (unpaired) electrons. The minimum Gasteiger partial charge on any atom is -0.491 e. The molecule has 6 nitrogen and oxygen atoms in total. The van der Waals surface area contributed by atoms with Gasteiger partial charge in [-0.15, -0.1) is 0 Å². The van der Waals surface area contributed by atoms with Crippen LogP contribution in [0.25, 0.3) is 16.8 Å². The van der Waals surface area contributed by atoms with E-state index in [0.29, 0.717) is 37.9 Å². The molecule has 1 heterocycles. The van der Waals surface area contributed by atoms with Gasteiger partial charge in [0.25, 0.3) is 11.1 Å². The summed E-state index contributed by atoms with van der Waals surface area (Å²) < 4.78 is 32.6. The van der Waals surface area contributed by atoms with E-state index in [1.807, 2.05) is 49.4 Å². The minimum absolute atomic E-state index is 0.0827. The van der Waals surface area contributed by atoms with Crippen molar-refractivity contribution in [3.05, 3.63) is 103 Å². The zero-order valence-electron chi connectivity index (χ0n) is 21.9. The zero-order chi connectivity index (χ0) is 28.9. The summed E-state index contributed by atoms with van der Waals surface area (Å²) in [5.41, 5.74) is 0.904. The van der Waals surface area contributed by atoms with E-state index in [0.717, 1.165) is 22.5 Å². The van der Waals surface area contributed by atoms with Crippen LogP contribution < -0.4 is 14.2 Å². The number of amides is 2. The minimum atomic E-state index is -0.458. The quantitative estimate of drug-likeness (QED) is 0.122. The van der Waals surface area contributed by atoms with Crippen molar-refractivity contribution in [2.45, 2.75) is 13.5 Å². The molecule has 5 rings (SSSR count). The lowest BCUT2D eigenvalue weighted by Gasteiger charge is -2.16. The fraction of sp³-hybridized carbons (Fsp3) is 0.161. The van der Waals surface area contributed by atoms with Crippen LogP contribution in [0, 0.1) is 9.39 Å². The Hall–Kier alpha value is -3.28. The van der Waals surface area contributed by atoms with Crippen molar-refractivity contribution in [3.63, 3.8) is 0 Å². The molecule has 0 spiro atoms. The Bertz CT molecular complexity index is 1640. The highest BCUT2D eigenvalue weighted by atomic mass is 127. The van der Waals surface area contributed by atoms with Crippen molar-refractivity contribution < 1.29 is 28.2 Å². The van der Waals surface area contributed by atoms with E-state index >= 15 is 0 Å². The van der Waals surface area contributed by atoms with Gasteiger partial charge in [-0.25, -0.2) is 4.39 Å². The third kappa shape index (κ3) is 6.63. The number of imide groups is 1. The van der Waals surface area contributed by atoms with Crippen molar-refractivity contribution in [1.29, 1.82) is 0 Å². The van der Waals surface area contributed by atoms with Gasteiger partial charge >= 0.3 is 0 Å². The third-order valence-corrected chi connectivity index (χ3v) is 8.31. The Kier molecular flexibility index (Phi) is 9.36. The molecule has 1 aliphatic rings. The molecule has 1 fully saturated rings. The van der Waals surface area contributed by atoms with Gasteiger partial charge in [0, 0.05) is 10.9 Å². The van der Waals surface area contributed by atoms with Gasteiger partial charge in [0.05, 0.1) is 26.6 Å². The van der Waals surface area contributed by atoms with Crippen molar-refractivity contribution in [1.82, 2.24) is 4.90 Å². The SMILES string of the molecule is CCOc1cc(/C=C2\SC(=O)N(CCOc3cccc4ccccc34)C2=O)cc(I)c1OCc1c(F)cccc1Cl. The Labute approximate surface area is 259 Å². The molecule has 0 atom stereocenters. The summed E-state index contributed by atoms with van der Waals surface area (Å²) in [7, 11) is 0. The molecular weight excluding hydrogens is 680 g/mol. The number of benzene rings is 4. The summed E-state index contributed by atoms with van der Waals surface area (Å²) in [5, 5.41) is 1.93. The maximum atomic E-state index is 14.2. The normalized spacial score (nSPS) is 14.2. The summed E-state index contributed by atoms with van der Waals surface area (Å²) in [6, 6.07) is 21.6. The highest BCUT2D eigenvalue weighted by molar-refractivity contribution is 14.1. The fourth-order valence-electron chi connectivity index (χ4n) is 4.30. The van der Waals surface area contributed by atoms with Crippen LogP contribution in [-0.4, -0.2) is 35.8 Å². The first-order chi connectivity index (χ1) is 19.9. The lowest BCUT2D eigenvalue weighted by molar-refractivity contribution is -0.123. The van der Waals surface area contributed by atoms with Gasteiger partial charge in [-0.2, -0.15) is 0 Å². The van der Waals surface area contributed by atoms with Gasteiger partial charge in [0.2, 0.25) is 0 Å². The van der Waals surface area contributed by atoms with Gasteiger partial charge < -0.3 is 14.2 Å². The molecule has 0 aromatic heterocycles. The number of hydrogen-bond donors (Lipinski definition) is 0. The number of halogens is 3. The number of carbonyl (C=O) groups excluding carboxylic acids is 2. The molecule has 0 bridgehead atoms. The molecule has 0 saturated carbocycles. The monoisotopic (exact) mass is 703 g/mol. The van der Waals surface area contributed by atoms with Gasteiger partial charge in [-0.1, -0.05) is 54.1 Å².